The van der Waals surface area contributed by atoms with E-state index in [0.29, 0.717) is 0 Å². The molecule has 0 aliphatic rings. The summed E-state index contributed by atoms with van der Waals surface area (Å²) in [5, 5.41) is 0. The Balaban J connectivity index is 2.96. The van der Waals surface area contributed by atoms with Gasteiger partial charge < -0.3 is 0 Å². The first kappa shape index (κ1) is 8.34. The van der Waals surface area contributed by atoms with Crippen LogP contribution in [0.3, 0.4) is 0 Å². The van der Waals surface area contributed by atoms with E-state index in [-0.39, 0.29) is 11.5 Å². The van der Waals surface area contributed by atoms with Gasteiger partial charge >= 0.3 is 0 Å². The molecule has 0 aliphatic heterocycles. The number of hydrogen-bond donors (Lipinski definition) is 1. The molecule has 0 bridgehead atoms. The van der Waals surface area contributed by atoms with E-state index in [2.05, 4.69) is 12.6 Å². The van der Waals surface area contributed by atoms with Gasteiger partial charge in [0, 0.05) is 5.56 Å². The Morgan fingerprint density at radius 1 is 1.55 bits per heavy atom. The first-order chi connectivity index (χ1) is 5.24. The molecular weight excluding hydrogens is 156 g/mol. The van der Waals surface area contributed by atoms with Crippen LogP contribution in [-0.4, -0.2) is 11.5 Å². The lowest BCUT2D eigenvalue weighted by Gasteiger charge is -1.97. The summed E-state index contributed by atoms with van der Waals surface area (Å²) in [5.74, 6) is 0.362. The van der Waals surface area contributed by atoms with E-state index in [1.165, 1.54) is 0 Å². The highest BCUT2D eigenvalue weighted by Gasteiger charge is 2.01. The molecule has 1 rings (SSSR count). The molecule has 1 nitrogen and oxygen atoms in total. The smallest absolute Gasteiger partial charge is 0.172 e. The molecule has 1 aromatic carbocycles. The van der Waals surface area contributed by atoms with Crippen LogP contribution in [0.15, 0.2) is 24.3 Å². The molecule has 1 aromatic rings. The molecule has 11 heavy (non-hydrogen) atoms. The van der Waals surface area contributed by atoms with Crippen LogP contribution in [0, 0.1) is 6.92 Å². The van der Waals surface area contributed by atoms with Crippen molar-refractivity contribution >= 4 is 18.4 Å². The van der Waals surface area contributed by atoms with E-state index in [9.17, 15) is 4.79 Å². The maximum Gasteiger partial charge on any atom is 0.172 e. The zero-order chi connectivity index (χ0) is 8.27. The van der Waals surface area contributed by atoms with Gasteiger partial charge in [-0.15, -0.1) is 0 Å². The van der Waals surface area contributed by atoms with Crippen LogP contribution in [0.4, 0.5) is 0 Å². The van der Waals surface area contributed by atoms with Gasteiger partial charge in [0.2, 0.25) is 0 Å². The number of hydrogen-bond acceptors (Lipinski definition) is 2. The minimum Gasteiger partial charge on any atom is -0.293 e. The summed E-state index contributed by atoms with van der Waals surface area (Å²) in [5.41, 5.74) is 1.86. The zero-order valence-electron chi connectivity index (χ0n) is 6.37. The van der Waals surface area contributed by atoms with E-state index < -0.39 is 0 Å². The van der Waals surface area contributed by atoms with Crippen molar-refractivity contribution in [1.82, 2.24) is 0 Å². The van der Waals surface area contributed by atoms with Gasteiger partial charge in [0.25, 0.3) is 0 Å². The van der Waals surface area contributed by atoms with Crippen LogP contribution in [0.1, 0.15) is 15.9 Å². The van der Waals surface area contributed by atoms with Crippen LogP contribution >= 0.6 is 12.6 Å². The Labute approximate surface area is 71.8 Å². The number of ketones is 1. The van der Waals surface area contributed by atoms with Crippen LogP contribution in [-0.2, 0) is 0 Å². The molecule has 0 radical (unpaired) electrons. The summed E-state index contributed by atoms with van der Waals surface area (Å²) >= 11 is 3.91. The molecule has 0 aromatic heterocycles. The molecule has 0 saturated heterocycles. The van der Waals surface area contributed by atoms with Gasteiger partial charge in [-0.3, -0.25) is 4.79 Å². The molecule has 0 N–H and O–H groups in total. The molecule has 0 unspecified atom stereocenters. The second-order valence-corrected chi connectivity index (χ2v) is 2.77. The lowest BCUT2D eigenvalue weighted by Crippen LogP contribution is -1.99. The highest BCUT2D eigenvalue weighted by Crippen LogP contribution is 2.04. The maximum atomic E-state index is 11.1. The Morgan fingerprint density at radius 3 is 2.82 bits per heavy atom. The minimum atomic E-state index is 0.0806. The van der Waals surface area contributed by atoms with Crippen LogP contribution < -0.4 is 0 Å². The van der Waals surface area contributed by atoms with Crippen molar-refractivity contribution in [2.24, 2.45) is 0 Å². The molecule has 2 heteroatoms. The topological polar surface area (TPSA) is 17.1 Å². The van der Waals surface area contributed by atoms with Gasteiger partial charge in [-0.1, -0.05) is 23.8 Å². The summed E-state index contributed by atoms with van der Waals surface area (Å²) in [4.78, 5) is 11.1. The first-order valence-corrected chi connectivity index (χ1v) is 4.08. The van der Waals surface area contributed by atoms with Crippen molar-refractivity contribution in [1.29, 1.82) is 0 Å². The van der Waals surface area contributed by atoms with E-state index in [0.717, 1.165) is 11.1 Å². The van der Waals surface area contributed by atoms with E-state index in [4.69, 9.17) is 0 Å². The average Bonchev–Trinajstić information content (AvgIpc) is 2.03. The van der Waals surface area contributed by atoms with E-state index in [1.54, 1.807) is 0 Å². The van der Waals surface area contributed by atoms with Crippen LogP contribution in [0.2, 0.25) is 0 Å². The minimum absolute atomic E-state index is 0.0806. The summed E-state index contributed by atoms with van der Waals surface area (Å²) < 4.78 is 0. The number of carbonyl (C=O) groups is 1. The number of aryl methyl sites for hydroxylation is 1. The molecule has 0 amide bonds. The predicted molar refractivity (Wildman–Crippen MR) is 49.4 cm³/mol. The third-order valence-corrected chi connectivity index (χ3v) is 1.77. The van der Waals surface area contributed by atoms with Crippen molar-refractivity contribution in [2.45, 2.75) is 6.92 Å². The lowest BCUT2D eigenvalue weighted by molar-refractivity contribution is 0.102. The first-order valence-electron chi connectivity index (χ1n) is 3.45. The molecule has 0 fully saturated rings. The summed E-state index contributed by atoms with van der Waals surface area (Å²) in [7, 11) is 0. The lowest BCUT2D eigenvalue weighted by atomic mass is 10.1. The van der Waals surface area contributed by atoms with Crippen molar-refractivity contribution in [3.05, 3.63) is 35.4 Å². The maximum absolute atomic E-state index is 11.1. The summed E-state index contributed by atoms with van der Waals surface area (Å²) in [6, 6.07) is 7.53. The van der Waals surface area contributed by atoms with Crippen LogP contribution in [0.25, 0.3) is 0 Å². The molecule has 0 spiro atoms. The second-order valence-electron chi connectivity index (χ2n) is 2.45. The van der Waals surface area contributed by atoms with Gasteiger partial charge in [-0.05, 0) is 13.0 Å². The van der Waals surface area contributed by atoms with Crippen molar-refractivity contribution in [2.75, 3.05) is 5.75 Å². The predicted octanol–water partition coefficient (Wildman–Crippen LogP) is 2.11. The monoisotopic (exact) mass is 166 g/mol. The molecule has 0 aliphatic carbocycles. The second kappa shape index (κ2) is 3.58. The fourth-order valence-corrected chi connectivity index (χ4v) is 1.09. The fraction of sp³-hybridized carbons (Fsp3) is 0.222. The number of carbonyl (C=O) groups excluding carboxylic acids is 1. The summed E-state index contributed by atoms with van der Waals surface area (Å²) in [6.45, 7) is 1.97. The Kier molecular flexibility index (Phi) is 2.71. The quantitative estimate of drug-likeness (QED) is 0.526. The van der Waals surface area contributed by atoms with Gasteiger partial charge in [-0.2, -0.15) is 12.6 Å². The molecule has 0 atom stereocenters. The average molecular weight is 166 g/mol. The molecule has 0 heterocycles. The van der Waals surface area contributed by atoms with Crippen LogP contribution in [0.5, 0.6) is 0 Å². The standard InChI is InChI=1S/C9H10OS/c1-7-3-2-4-8(5-7)9(10)6-11/h2-5,11H,6H2,1H3. The Morgan fingerprint density at radius 2 is 2.27 bits per heavy atom. The number of rotatable bonds is 2. The number of benzene rings is 1. The van der Waals surface area contributed by atoms with Crippen molar-refractivity contribution < 1.29 is 4.79 Å². The van der Waals surface area contributed by atoms with Gasteiger partial charge in [-0.25, -0.2) is 0 Å². The van der Waals surface area contributed by atoms with E-state index in [1.807, 2.05) is 31.2 Å². The molecule has 58 valence electrons. The Hall–Kier alpha value is -0.760. The molecule has 0 saturated carbocycles. The fourth-order valence-electron chi connectivity index (χ4n) is 0.910. The third-order valence-electron chi connectivity index (χ3n) is 1.48. The Bertz CT molecular complexity index is 268. The van der Waals surface area contributed by atoms with Gasteiger partial charge in [0.05, 0.1) is 5.75 Å². The molecular formula is C9H10OS. The summed E-state index contributed by atoms with van der Waals surface area (Å²) in [6.07, 6.45) is 0. The van der Waals surface area contributed by atoms with Gasteiger partial charge in [0.1, 0.15) is 0 Å². The van der Waals surface area contributed by atoms with E-state index >= 15 is 0 Å². The third kappa shape index (κ3) is 2.09. The van der Waals surface area contributed by atoms with Crippen molar-refractivity contribution in [3.63, 3.8) is 0 Å². The number of thiol groups is 1. The van der Waals surface area contributed by atoms with Crippen molar-refractivity contribution in [3.8, 4) is 0 Å². The SMILES string of the molecule is Cc1cccc(C(=O)CS)c1. The number of Topliss-reactive ketones (excluding diaryl/α,β-unsaturated/α-hetero) is 1. The highest BCUT2D eigenvalue weighted by atomic mass is 32.1. The zero-order valence-corrected chi connectivity index (χ0v) is 7.27. The normalized spacial score (nSPS) is 9.64. The largest absolute Gasteiger partial charge is 0.293 e. The van der Waals surface area contributed by atoms with Gasteiger partial charge in [0.15, 0.2) is 5.78 Å². The highest BCUT2D eigenvalue weighted by molar-refractivity contribution is 7.81.